The third-order valence-electron chi connectivity index (χ3n) is 19.6. The lowest BCUT2D eigenvalue weighted by molar-refractivity contribution is -0.447. The molecule has 0 spiro atoms. The summed E-state index contributed by atoms with van der Waals surface area (Å²) in [7, 11) is 0. The van der Waals surface area contributed by atoms with Crippen molar-refractivity contribution in [3.63, 3.8) is 0 Å². The standard InChI is InChI=1S/C46H92/c1-28-44(26,41(20,21)38(12,13)14)45(27)42(22,23)43(24,25)46(45,39(15,16)17)40(18,19)37(11)36(10)35(9)34(8)33(7)32(6)31(5)30(4)29(2)3/h29-37H,28H2,1-27H3/t30-,31+,32-,33+,34-,35+,36-,37+,44+,45-,46-/m0/s1. The van der Waals surface area contributed by atoms with Crippen LogP contribution >= 0.6 is 0 Å². The van der Waals surface area contributed by atoms with Gasteiger partial charge in [-0.1, -0.05) is 187 Å². The zero-order valence-electron chi connectivity index (χ0n) is 37.4. The van der Waals surface area contributed by atoms with Gasteiger partial charge in [-0.3, -0.25) is 0 Å². The quantitative estimate of drug-likeness (QED) is 0.187. The Morgan fingerprint density at radius 3 is 1.07 bits per heavy atom. The molecule has 0 heterocycles. The number of rotatable bonds is 13. The van der Waals surface area contributed by atoms with Crippen LogP contribution in [0.2, 0.25) is 0 Å². The molecule has 0 amide bonds. The van der Waals surface area contributed by atoms with E-state index in [1.165, 1.54) is 6.42 Å². The Kier molecular flexibility index (Phi) is 12.4. The molecule has 1 aliphatic rings. The van der Waals surface area contributed by atoms with Crippen LogP contribution in [0.25, 0.3) is 0 Å². The summed E-state index contributed by atoms with van der Waals surface area (Å²) < 4.78 is 0. The van der Waals surface area contributed by atoms with Gasteiger partial charge >= 0.3 is 0 Å². The maximum atomic E-state index is 2.78. The molecule has 46 heavy (non-hydrogen) atoms. The van der Waals surface area contributed by atoms with E-state index in [9.17, 15) is 0 Å². The number of hydrogen-bond acceptors (Lipinski definition) is 0. The summed E-state index contributed by atoms with van der Waals surface area (Å²) in [5, 5.41) is 0. The van der Waals surface area contributed by atoms with Gasteiger partial charge in [-0.15, -0.1) is 0 Å². The second-order valence-corrected chi connectivity index (χ2v) is 22.7. The molecule has 0 aromatic rings. The van der Waals surface area contributed by atoms with E-state index in [4.69, 9.17) is 0 Å². The third-order valence-corrected chi connectivity index (χ3v) is 19.6. The lowest BCUT2D eigenvalue weighted by atomic mass is 9.12. The van der Waals surface area contributed by atoms with Crippen LogP contribution in [0.1, 0.15) is 193 Å². The Bertz CT molecular complexity index is 1010. The van der Waals surface area contributed by atoms with Crippen molar-refractivity contribution in [2.45, 2.75) is 193 Å². The summed E-state index contributed by atoms with van der Waals surface area (Å²) >= 11 is 0. The first-order chi connectivity index (χ1) is 20.0. The van der Waals surface area contributed by atoms with Gasteiger partial charge in [0, 0.05) is 0 Å². The summed E-state index contributed by atoms with van der Waals surface area (Å²) in [6, 6.07) is 0. The fourth-order valence-electron chi connectivity index (χ4n) is 14.0. The molecule has 0 heteroatoms. The van der Waals surface area contributed by atoms with Crippen LogP contribution in [-0.4, -0.2) is 0 Å². The molecule has 0 bridgehead atoms. The molecular weight excluding hydrogens is 553 g/mol. The molecule has 0 saturated heterocycles. The van der Waals surface area contributed by atoms with E-state index in [2.05, 4.69) is 187 Å². The summed E-state index contributed by atoms with van der Waals surface area (Å²) in [6.07, 6.45) is 1.20. The predicted octanol–water partition coefficient (Wildman–Crippen LogP) is 15.4. The summed E-state index contributed by atoms with van der Waals surface area (Å²) in [4.78, 5) is 0. The van der Waals surface area contributed by atoms with Gasteiger partial charge in [0.1, 0.15) is 0 Å². The molecule has 11 atom stereocenters. The van der Waals surface area contributed by atoms with Crippen LogP contribution < -0.4 is 0 Å². The van der Waals surface area contributed by atoms with Gasteiger partial charge in [0.05, 0.1) is 0 Å². The molecule has 0 aromatic carbocycles. The first-order valence-corrected chi connectivity index (χ1v) is 20.0. The maximum absolute atomic E-state index is 2.78. The van der Waals surface area contributed by atoms with Crippen molar-refractivity contribution >= 4 is 0 Å². The van der Waals surface area contributed by atoms with Crippen LogP contribution in [0.3, 0.4) is 0 Å². The van der Waals surface area contributed by atoms with E-state index in [1.807, 2.05) is 0 Å². The van der Waals surface area contributed by atoms with Crippen molar-refractivity contribution in [3.8, 4) is 0 Å². The minimum Gasteiger partial charge on any atom is -0.0648 e. The molecule has 276 valence electrons. The lowest BCUT2D eigenvalue weighted by Gasteiger charge is -2.91. The third kappa shape index (κ3) is 5.47. The predicted molar refractivity (Wildman–Crippen MR) is 211 cm³/mol. The molecule has 1 fully saturated rings. The first kappa shape index (κ1) is 44.0. The molecule has 1 saturated carbocycles. The van der Waals surface area contributed by atoms with E-state index in [0.717, 1.165) is 23.7 Å². The minimum absolute atomic E-state index is 0.0908. The van der Waals surface area contributed by atoms with Crippen molar-refractivity contribution in [2.75, 3.05) is 0 Å². The zero-order valence-corrected chi connectivity index (χ0v) is 37.4. The molecule has 1 aliphatic carbocycles. The summed E-state index contributed by atoms with van der Waals surface area (Å²) in [5.41, 5.74) is 1.15. The molecule has 0 aromatic heterocycles. The Labute approximate surface area is 294 Å². The first-order valence-electron chi connectivity index (χ1n) is 20.0. The molecule has 0 unspecified atom stereocenters. The molecular formula is C46H92. The lowest BCUT2D eigenvalue weighted by Crippen LogP contribution is -2.87. The average Bonchev–Trinajstić information content (AvgIpc) is 2.90. The Morgan fingerprint density at radius 2 is 0.783 bits per heavy atom. The summed E-state index contributed by atoms with van der Waals surface area (Å²) in [5.74, 6) is 6.24. The van der Waals surface area contributed by atoms with Gasteiger partial charge in [0.25, 0.3) is 0 Å². The maximum Gasteiger partial charge on any atom is -0.00740 e. The highest BCUT2D eigenvalue weighted by Gasteiger charge is 2.88. The molecule has 0 nitrogen and oxygen atoms in total. The topological polar surface area (TPSA) is 0 Å². The van der Waals surface area contributed by atoms with Gasteiger partial charge in [-0.2, -0.15) is 0 Å². The van der Waals surface area contributed by atoms with Gasteiger partial charge in [0.2, 0.25) is 0 Å². The monoisotopic (exact) mass is 645 g/mol. The fraction of sp³-hybridized carbons (Fsp3) is 1.00. The van der Waals surface area contributed by atoms with E-state index in [0.29, 0.717) is 29.6 Å². The highest BCUT2D eigenvalue weighted by atomic mass is 14.9. The SMILES string of the molecule is CC[C@](C)(C(C)(C)C(C)(C)C)[C@]1(C)C(C)(C)C(C)(C)[C@]1(C(C)(C)C)C(C)(C)[C@H](C)[C@@H](C)[C@H](C)[C@@H](C)[C@H](C)[C@@H](C)[C@H](C)[C@@H](C)C(C)C. The van der Waals surface area contributed by atoms with Crippen molar-refractivity contribution in [2.24, 2.45) is 102 Å². The van der Waals surface area contributed by atoms with Crippen molar-refractivity contribution in [1.82, 2.24) is 0 Å². The second kappa shape index (κ2) is 13.0. The normalized spacial score (nSPS) is 30.8. The number of hydrogen-bond donors (Lipinski definition) is 0. The molecule has 0 radical (unpaired) electrons. The van der Waals surface area contributed by atoms with Crippen LogP contribution in [0.5, 0.6) is 0 Å². The minimum atomic E-state index is 0.0908. The molecule has 0 N–H and O–H groups in total. The van der Waals surface area contributed by atoms with Crippen LogP contribution in [0.4, 0.5) is 0 Å². The van der Waals surface area contributed by atoms with E-state index < -0.39 is 0 Å². The van der Waals surface area contributed by atoms with Gasteiger partial charge in [0.15, 0.2) is 0 Å². The van der Waals surface area contributed by atoms with E-state index in [1.54, 1.807) is 0 Å². The van der Waals surface area contributed by atoms with Gasteiger partial charge in [-0.25, -0.2) is 0 Å². The highest BCUT2D eigenvalue weighted by Crippen LogP contribution is 2.93. The van der Waals surface area contributed by atoms with E-state index in [-0.39, 0.29) is 48.7 Å². The molecule has 1 rings (SSSR count). The second-order valence-electron chi connectivity index (χ2n) is 22.7. The fourth-order valence-corrected chi connectivity index (χ4v) is 14.0. The Morgan fingerprint density at radius 1 is 0.457 bits per heavy atom. The van der Waals surface area contributed by atoms with Crippen LogP contribution in [-0.2, 0) is 0 Å². The Hall–Kier alpha value is 0. The van der Waals surface area contributed by atoms with Crippen molar-refractivity contribution in [3.05, 3.63) is 0 Å². The van der Waals surface area contributed by atoms with Crippen molar-refractivity contribution in [1.29, 1.82) is 0 Å². The van der Waals surface area contributed by atoms with Gasteiger partial charge in [-0.05, 0) is 108 Å². The van der Waals surface area contributed by atoms with E-state index >= 15 is 0 Å². The van der Waals surface area contributed by atoms with Crippen LogP contribution in [0.15, 0.2) is 0 Å². The average molecular weight is 645 g/mol. The smallest absolute Gasteiger partial charge is 0.00740 e. The summed E-state index contributed by atoms with van der Waals surface area (Å²) in [6.45, 7) is 70.2. The zero-order chi connectivity index (χ0) is 37.4. The highest BCUT2D eigenvalue weighted by molar-refractivity contribution is 5.35. The largest absolute Gasteiger partial charge is 0.0648 e. The van der Waals surface area contributed by atoms with Gasteiger partial charge < -0.3 is 0 Å². The van der Waals surface area contributed by atoms with Crippen molar-refractivity contribution < 1.29 is 0 Å². The van der Waals surface area contributed by atoms with Crippen LogP contribution in [0, 0.1) is 102 Å². The Balaban J connectivity index is 3.98. The molecule has 0 aliphatic heterocycles.